The number of fused-ring (bicyclic) bond motifs is 2. The van der Waals surface area contributed by atoms with E-state index in [1.165, 1.54) is 17.5 Å². The summed E-state index contributed by atoms with van der Waals surface area (Å²) in [6, 6.07) is 7.79. The average Bonchev–Trinajstić information content (AvgIpc) is 3.58. The number of benzene rings is 1. The van der Waals surface area contributed by atoms with E-state index in [9.17, 15) is 13.2 Å². The van der Waals surface area contributed by atoms with Gasteiger partial charge in [-0.2, -0.15) is 13.2 Å². The van der Waals surface area contributed by atoms with E-state index >= 15 is 0 Å². The van der Waals surface area contributed by atoms with Crippen LogP contribution in [0.5, 0.6) is 0 Å². The Bertz CT molecular complexity index is 1510. The quantitative estimate of drug-likeness (QED) is 0.305. The van der Waals surface area contributed by atoms with E-state index in [0.29, 0.717) is 10.6 Å². The van der Waals surface area contributed by atoms with Gasteiger partial charge in [0.2, 0.25) is 5.82 Å². The number of halogens is 3. The largest absolute Gasteiger partial charge is 0.393 e. The second-order valence-corrected chi connectivity index (χ2v) is 11.6. The first-order valence-electron chi connectivity index (χ1n) is 12.5. The van der Waals surface area contributed by atoms with E-state index in [2.05, 4.69) is 48.7 Å². The van der Waals surface area contributed by atoms with E-state index in [1.54, 1.807) is 6.07 Å². The second kappa shape index (κ2) is 8.99. The molecule has 2 fully saturated rings. The molecule has 6 nitrogen and oxygen atoms in total. The molecule has 37 heavy (non-hydrogen) atoms. The minimum absolute atomic E-state index is 0.211. The summed E-state index contributed by atoms with van der Waals surface area (Å²) in [5.41, 5.74) is 3.74. The molecule has 0 aliphatic carbocycles. The van der Waals surface area contributed by atoms with Crippen LogP contribution in [0.25, 0.3) is 26.0 Å². The molecule has 0 unspecified atom stereocenters. The minimum Gasteiger partial charge on any atom is -0.364 e. The molecule has 0 saturated carbocycles. The zero-order chi connectivity index (χ0) is 25.8. The number of hydrogen-bond donors (Lipinski definition) is 1. The van der Waals surface area contributed by atoms with Gasteiger partial charge >= 0.3 is 6.18 Å². The van der Waals surface area contributed by atoms with E-state index in [1.807, 2.05) is 6.07 Å². The highest BCUT2D eigenvalue weighted by Gasteiger charge is 2.41. The number of anilines is 1. The predicted octanol–water partition coefficient (Wildman–Crippen LogP) is 6.63. The Hall–Kier alpha value is -3.16. The number of nitrogens with one attached hydrogen (secondary N) is 1. The zero-order valence-corrected chi connectivity index (χ0v) is 21.3. The van der Waals surface area contributed by atoms with Gasteiger partial charge in [0.25, 0.3) is 0 Å². The van der Waals surface area contributed by atoms with E-state index in [4.69, 9.17) is 6.57 Å². The molecule has 0 amide bonds. The Morgan fingerprint density at radius 2 is 1.89 bits per heavy atom. The van der Waals surface area contributed by atoms with Gasteiger partial charge in [0.15, 0.2) is 0 Å². The molecule has 2 aliphatic heterocycles. The van der Waals surface area contributed by atoms with Gasteiger partial charge in [-0.15, -0.1) is 11.3 Å². The number of rotatable bonds is 4. The highest BCUT2D eigenvalue weighted by Crippen LogP contribution is 2.44. The van der Waals surface area contributed by atoms with Crippen LogP contribution >= 0.6 is 11.3 Å². The van der Waals surface area contributed by atoms with Crippen molar-refractivity contribution in [3.8, 4) is 0 Å². The van der Waals surface area contributed by atoms with Gasteiger partial charge < -0.3 is 14.7 Å². The van der Waals surface area contributed by atoms with Crippen LogP contribution in [0.4, 0.5) is 24.8 Å². The van der Waals surface area contributed by atoms with Crippen molar-refractivity contribution in [1.29, 1.82) is 0 Å². The number of likely N-dealkylation sites (tertiary alicyclic amines) is 1. The summed E-state index contributed by atoms with van der Waals surface area (Å²) in [5, 5.41) is 1.85. The van der Waals surface area contributed by atoms with Crippen molar-refractivity contribution in [1.82, 2.24) is 19.9 Å². The van der Waals surface area contributed by atoms with Gasteiger partial charge in [-0.1, -0.05) is 12.6 Å². The molecule has 1 spiro atoms. The fourth-order valence-corrected chi connectivity index (χ4v) is 7.01. The van der Waals surface area contributed by atoms with Gasteiger partial charge in [-0.05, 0) is 74.0 Å². The van der Waals surface area contributed by atoms with Crippen molar-refractivity contribution in [3.05, 3.63) is 58.0 Å². The van der Waals surface area contributed by atoms with Crippen LogP contribution in [0, 0.1) is 18.9 Å². The molecule has 3 aromatic heterocycles. The lowest BCUT2D eigenvalue weighted by atomic mass is 9.77. The van der Waals surface area contributed by atoms with Crippen LogP contribution in [0.3, 0.4) is 0 Å². The SMILES string of the molecule is [C-]#[N+]c1cc2c(C)c(CN3CCC4(CC3)CCN(c3ncnc5sc(CC(F)(F)F)cc35)C4)ccc2[nH]1. The Balaban J connectivity index is 1.13. The molecule has 0 radical (unpaired) electrons. The number of alkyl halides is 3. The van der Waals surface area contributed by atoms with Gasteiger partial charge in [-0.25, -0.2) is 9.97 Å². The summed E-state index contributed by atoms with van der Waals surface area (Å²) in [5.74, 6) is 1.34. The lowest BCUT2D eigenvalue weighted by Gasteiger charge is -2.39. The van der Waals surface area contributed by atoms with Crippen LogP contribution in [0.15, 0.2) is 30.6 Å². The maximum atomic E-state index is 12.9. The summed E-state index contributed by atoms with van der Waals surface area (Å²) < 4.78 is 38.8. The molecule has 1 N–H and O–H groups in total. The summed E-state index contributed by atoms with van der Waals surface area (Å²) in [4.78, 5) is 21.1. The van der Waals surface area contributed by atoms with Crippen LogP contribution in [0.1, 0.15) is 35.3 Å². The Morgan fingerprint density at radius 1 is 1.11 bits per heavy atom. The fourth-order valence-electron chi connectivity index (χ4n) is 5.99. The topological polar surface area (TPSA) is 52.4 Å². The van der Waals surface area contributed by atoms with Gasteiger partial charge in [-0.3, -0.25) is 4.90 Å². The first kappa shape index (κ1) is 24.2. The third kappa shape index (κ3) is 4.66. The maximum Gasteiger partial charge on any atom is 0.393 e. The number of hydrogen-bond acceptors (Lipinski definition) is 5. The molecule has 0 bridgehead atoms. The van der Waals surface area contributed by atoms with Gasteiger partial charge in [0.1, 0.15) is 22.5 Å². The molecule has 0 atom stereocenters. The van der Waals surface area contributed by atoms with E-state index < -0.39 is 12.6 Å². The summed E-state index contributed by atoms with van der Waals surface area (Å²) in [6.07, 6.45) is -0.428. The summed E-state index contributed by atoms with van der Waals surface area (Å²) in [7, 11) is 0. The predicted molar refractivity (Wildman–Crippen MR) is 140 cm³/mol. The Labute approximate surface area is 216 Å². The molecule has 2 saturated heterocycles. The Kier molecular flexibility index (Phi) is 5.88. The number of thiophene rings is 1. The minimum atomic E-state index is -4.23. The number of H-pyrrole nitrogens is 1. The molecular weight excluding hydrogens is 497 g/mol. The summed E-state index contributed by atoms with van der Waals surface area (Å²) >= 11 is 1.11. The number of aryl methyl sites for hydroxylation is 1. The lowest BCUT2D eigenvalue weighted by Crippen LogP contribution is -2.41. The maximum absolute atomic E-state index is 12.9. The molecule has 192 valence electrons. The summed E-state index contributed by atoms with van der Waals surface area (Å²) in [6.45, 7) is 14.1. The smallest absolute Gasteiger partial charge is 0.364 e. The number of nitrogens with zero attached hydrogens (tertiary/aromatic N) is 5. The molecule has 4 aromatic rings. The molecule has 2 aliphatic rings. The molecular formula is C27H27F3N6S. The van der Waals surface area contributed by atoms with Crippen LogP contribution in [-0.2, 0) is 13.0 Å². The third-order valence-electron chi connectivity index (χ3n) is 8.07. The second-order valence-electron chi connectivity index (χ2n) is 10.4. The highest BCUT2D eigenvalue weighted by molar-refractivity contribution is 7.18. The van der Waals surface area contributed by atoms with Crippen molar-refractivity contribution >= 4 is 44.1 Å². The van der Waals surface area contributed by atoms with Crippen LogP contribution < -0.4 is 4.90 Å². The van der Waals surface area contributed by atoms with Crippen molar-refractivity contribution in [2.75, 3.05) is 31.1 Å². The molecule has 5 heterocycles. The third-order valence-corrected chi connectivity index (χ3v) is 9.12. The van der Waals surface area contributed by atoms with Crippen molar-refractivity contribution in [2.45, 2.75) is 45.3 Å². The average molecular weight is 525 g/mol. The number of aromatic amines is 1. The highest BCUT2D eigenvalue weighted by atomic mass is 32.1. The van der Waals surface area contributed by atoms with Gasteiger partial charge in [0, 0.05) is 29.9 Å². The first-order chi connectivity index (χ1) is 17.7. The van der Waals surface area contributed by atoms with Crippen molar-refractivity contribution in [3.63, 3.8) is 0 Å². The molecule has 6 rings (SSSR count). The monoisotopic (exact) mass is 524 g/mol. The number of aromatic nitrogens is 3. The Morgan fingerprint density at radius 3 is 2.65 bits per heavy atom. The van der Waals surface area contributed by atoms with Crippen LogP contribution in [0.2, 0.25) is 0 Å². The van der Waals surface area contributed by atoms with Crippen LogP contribution in [-0.4, -0.2) is 52.2 Å². The fraction of sp³-hybridized carbons (Fsp3) is 0.444. The zero-order valence-electron chi connectivity index (χ0n) is 20.5. The standard InChI is InChI=1S/C27H27F3N6S/c1-17-18(3-4-22-20(17)12-23(31-2)34-22)14-35-8-5-26(6-9-35)7-10-36(15-26)24-21-11-19(13-27(28,29)30)37-25(21)33-16-32-24/h3-4,11-12,16,34H,5-10,13-15H2,1H3. The van der Waals surface area contributed by atoms with E-state index in [0.717, 1.165) is 85.4 Å². The molecule has 1 aromatic carbocycles. The lowest BCUT2D eigenvalue weighted by molar-refractivity contribution is -0.126. The normalized spacial score (nSPS) is 18.3. The van der Waals surface area contributed by atoms with Gasteiger partial charge in [0.05, 0.1) is 11.8 Å². The van der Waals surface area contributed by atoms with E-state index in [-0.39, 0.29) is 10.3 Å². The van der Waals surface area contributed by atoms with Crippen molar-refractivity contribution in [2.24, 2.45) is 5.41 Å². The molecule has 10 heteroatoms. The first-order valence-corrected chi connectivity index (χ1v) is 13.3. The van der Waals surface area contributed by atoms with Crippen molar-refractivity contribution < 1.29 is 13.2 Å². The number of piperidine rings is 1.